The first-order valence-corrected chi connectivity index (χ1v) is 9.68. The summed E-state index contributed by atoms with van der Waals surface area (Å²) < 4.78 is 10.8. The van der Waals surface area contributed by atoms with Gasteiger partial charge in [-0.2, -0.15) is 0 Å². The zero-order valence-corrected chi connectivity index (χ0v) is 17.4. The molecule has 2 aromatic carbocycles. The molecule has 8 heteroatoms. The first-order valence-electron chi connectivity index (χ1n) is 9.68. The topological polar surface area (TPSA) is 113 Å². The van der Waals surface area contributed by atoms with Crippen molar-refractivity contribution in [2.24, 2.45) is 0 Å². The lowest BCUT2D eigenvalue weighted by Gasteiger charge is -2.15. The Morgan fingerprint density at radius 2 is 1.77 bits per heavy atom. The normalized spacial score (nSPS) is 12.0. The van der Waals surface area contributed by atoms with Crippen molar-refractivity contribution >= 4 is 28.6 Å². The number of aromatic nitrogens is 2. The Morgan fingerprint density at radius 1 is 1.03 bits per heavy atom. The number of ether oxygens (including phenoxy) is 2. The average molecular weight is 411 g/mol. The number of rotatable bonds is 7. The summed E-state index contributed by atoms with van der Waals surface area (Å²) in [5.41, 5.74) is 3.36. The lowest BCUT2D eigenvalue weighted by Crippen LogP contribution is -2.31. The highest BCUT2D eigenvalue weighted by atomic mass is 16.6. The SMILES string of the molecule is Cc1ccc(C(C)C)cc1OCC(=O)O[C@H](C)C(=O)Nc1ccc2[nH]c(=O)[nH]c2c1. The van der Waals surface area contributed by atoms with Gasteiger partial charge in [0.1, 0.15) is 5.75 Å². The number of amides is 1. The number of imidazole rings is 1. The van der Waals surface area contributed by atoms with Crippen molar-refractivity contribution < 1.29 is 19.1 Å². The minimum absolute atomic E-state index is 0.295. The molecule has 1 atom stereocenters. The molecular formula is C22H25N3O5. The number of hydrogen-bond acceptors (Lipinski definition) is 5. The van der Waals surface area contributed by atoms with Crippen LogP contribution in [0.25, 0.3) is 11.0 Å². The van der Waals surface area contributed by atoms with Crippen LogP contribution in [0.1, 0.15) is 37.8 Å². The van der Waals surface area contributed by atoms with E-state index in [2.05, 4.69) is 29.1 Å². The fraction of sp³-hybridized carbons (Fsp3) is 0.318. The molecule has 3 rings (SSSR count). The van der Waals surface area contributed by atoms with Crippen molar-refractivity contribution in [2.45, 2.75) is 39.7 Å². The lowest BCUT2D eigenvalue weighted by atomic mass is 10.0. The molecular weight excluding hydrogens is 386 g/mol. The predicted molar refractivity (Wildman–Crippen MR) is 114 cm³/mol. The van der Waals surface area contributed by atoms with Gasteiger partial charge in [0.25, 0.3) is 5.91 Å². The third-order valence-corrected chi connectivity index (χ3v) is 4.69. The number of aromatic amines is 2. The molecule has 0 unspecified atom stereocenters. The molecule has 1 amide bonds. The highest BCUT2D eigenvalue weighted by Crippen LogP contribution is 2.24. The van der Waals surface area contributed by atoms with Crippen LogP contribution in [0.2, 0.25) is 0 Å². The number of carbonyl (C=O) groups excluding carboxylic acids is 2. The molecule has 0 saturated carbocycles. The van der Waals surface area contributed by atoms with Gasteiger partial charge in [-0.05, 0) is 55.2 Å². The molecule has 0 fully saturated rings. The second kappa shape index (κ2) is 8.86. The maximum Gasteiger partial charge on any atom is 0.344 e. The molecule has 1 heterocycles. The number of aryl methyl sites for hydroxylation is 1. The van der Waals surface area contributed by atoms with Gasteiger partial charge in [-0.1, -0.05) is 26.0 Å². The van der Waals surface area contributed by atoms with Gasteiger partial charge in [0.2, 0.25) is 0 Å². The monoisotopic (exact) mass is 411 g/mol. The van der Waals surface area contributed by atoms with Crippen LogP contribution in [0.5, 0.6) is 5.75 Å². The summed E-state index contributed by atoms with van der Waals surface area (Å²) in [6, 6.07) is 10.8. The summed E-state index contributed by atoms with van der Waals surface area (Å²) in [5, 5.41) is 2.66. The van der Waals surface area contributed by atoms with E-state index in [0.717, 1.165) is 11.1 Å². The van der Waals surface area contributed by atoms with Crippen LogP contribution in [0.4, 0.5) is 5.69 Å². The minimum Gasteiger partial charge on any atom is -0.482 e. The largest absolute Gasteiger partial charge is 0.482 e. The fourth-order valence-electron chi connectivity index (χ4n) is 2.91. The first kappa shape index (κ1) is 21.2. The Morgan fingerprint density at radius 3 is 2.50 bits per heavy atom. The molecule has 0 bridgehead atoms. The Hall–Kier alpha value is -3.55. The van der Waals surface area contributed by atoms with E-state index in [1.807, 2.05) is 25.1 Å². The molecule has 8 nitrogen and oxygen atoms in total. The van der Waals surface area contributed by atoms with E-state index in [4.69, 9.17) is 9.47 Å². The van der Waals surface area contributed by atoms with Crippen LogP contribution in [-0.4, -0.2) is 34.6 Å². The van der Waals surface area contributed by atoms with Crippen molar-refractivity contribution in [3.05, 3.63) is 58.0 Å². The van der Waals surface area contributed by atoms with Crippen molar-refractivity contribution in [1.29, 1.82) is 0 Å². The smallest absolute Gasteiger partial charge is 0.344 e. The van der Waals surface area contributed by atoms with E-state index in [1.54, 1.807) is 18.2 Å². The minimum atomic E-state index is -1.01. The number of H-pyrrole nitrogens is 2. The van der Waals surface area contributed by atoms with Crippen LogP contribution >= 0.6 is 0 Å². The number of anilines is 1. The van der Waals surface area contributed by atoms with Gasteiger partial charge in [-0.15, -0.1) is 0 Å². The zero-order valence-electron chi connectivity index (χ0n) is 17.4. The Labute approximate surface area is 173 Å². The van der Waals surface area contributed by atoms with Crippen molar-refractivity contribution in [1.82, 2.24) is 9.97 Å². The highest BCUT2D eigenvalue weighted by Gasteiger charge is 2.19. The van der Waals surface area contributed by atoms with E-state index < -0.39 is 18.0 Å². The molecule has 3 aromatic rings. The number of esters is 1. The molecule has 0 aliphatic rings. The van der Waals surface area contributed by atoms with Gasteiger partial charge >= 0.3 is 11.7 Å². The van der Waals surface area contributed by atoms with Crippen LogP contribution in [-0.2, 0) is 14.3 Å². The van der Waals surface area contributed by atoms with E-state index in [9.17, 15) is 14.4 Å². The third kappa shape index (κ3) is 5.08. The molecule has 158 valence electrons. The average Bonchev–Trinajstić information content (AvgIpc) is 3.06. The number of carbonyl (C=O) groups is 2. The Kier molecular flexibility index (Phi) is 6.25. The Bertz CT molecular complexity index is 1130. The van der Waals surface area contributed by atoms with E-state index in [1.165, 1.54) is 6.92 Å². The summed E-state index contributed by atoms with van der Waals surface area (Å²) >= 11 is 0. The van der Waals surface area contributed by atoms with Gasteiger partial charge in [-0.3, -0.25) is 4.79 Å². The van der Waals surface area contributed by atoms with Crippen LogP contribution in [0, 0.1) is 6.92 Å². The number of benzene rings is 2. The van der Waals surface area contributed by atoms with Crippen molar-refractivity contribution in [3.8, 4) is 5.75 Å². The number of fused-ring (bicyclic) bond motifs is 1. The zero-order chi connectivity index (χ0) is 21.8. The van der Waals surface area contributed by atoms with Gasteiger partial charge < -0.3 is 24.8 Å². The van der Waals surface area contributed by atoms with Crippen LogP contribution < -0.4 is 15.7 Å². The number of nitrogens with one attached hydrogen (secondary N) is 3. The molecule has 0 spiro atoms. The maximum atomic E-state index is 12.3. The standard InChI is InChI=1S/C22H25N3O5/c1-12(2)15-6-5-13(3)19(9-15)29-11-20(26)30-14(4)21(27)23-16-7-8-17-18(10-16)25-22(28)24-17/h5-10,12,14H,11H2,1-4H3,(H,23,27)(H2,24,25,28)/t14-/m1/s1. The summed E-state index contributed by atoms with van der Waals surface area (Å²) in [7, 11) is 0. The second-order valence-corrected chi connectivity index (χ2v) is 7.43. The quantitative estimate of drug-likeness (QED) is 0.517. The predicted octanol–water partition coefficient (Wildman–Crippen LogP) is 3.24. The molecule has 0 aliphatic heterocycles. The third-order valence-electron chi connectivity index (χ3n) is 4.69. The Balaban J connectivity index is 1.55. The van der Waals surface area contributed by atoms with Gasteiger partial charge in [0, 0.05) is 5.69 Å². The molecule has 3 N–H and O–H groups in total. The van der Waals surface area contributed by atoms with E-state index in [0.29, 0.717) is 28.4 Å². The summed E-state index contributed by atoms with van der Waals surface area (Å²) in [5.74, 6) is -0.174. The second-order valence-electron chi connectivity index (χ2n) is 7.43. The van der Waals surface area contributed by atoms with E-state index >= 15 is 0 Å². The van der Waals surface area contributed by atoms with Crippen molar-refractivity contribution in [2.75, 3.05) is 11.9 Å². The highest BCUT2D eigenvalue weighted by molar-refractivity contribution is 5.96. The van der Waals surface area contributed by atoms with E-state index in [-0.39, 0.29) is 12.3 Å². The maximum absolute atomic E-state index is 12.3. The summed E-state index contributed by atoms with van der Waals surface area (Å²) in [4.78, 5) is 41.0. The molecule has 30 heavy (non-hydrogen) atoms. The molecule has 0 radical (unpaired) electrons. The van der Waals surface area contributed by atoms with Crippen molar-refractivity contribution in [3.63, 3.8) is 0 Å². The molecule has 1 aromatic heterocycles. The summed E-state index contributed by atoms with van der Waals surface area (Å²) in [6.45, 7) is 7.24. The summed E-state index contributed by atoms with van der Waals surface area (Å²) in [6.07, 6.45) is -1.01. The number of hydrogen-bond donors (Lipinski definition) is 3. The molecule has 0 aliphatic carbocycles. The first-order chi connectivity index (χ1) is 14.2. The van der Waals surface area contributed by atoms with Gasteiger partial charge in [0.15, 0.2) is 12.7 Å². The lowest BCUT2D eigenvalue weighted by molar-refractivity contribution is -0.155. The fourth-order valence-corrected chi connectivity index (χ4v) is 2.91. The van der Waals surface area contributed by atoms with Crippen LogP contribution in [0.15, 0.2) is 41.2 Å². The van der Waals surface area contributed by atoms with Crippen LogP contribution in [0.3, 0.4) is 0 Å². The van der Waals surface area contributed by atoms with Gasteiger partial charge in [-0.25, -0.2) is 9.59 Å². The van der Waals surface area contributed by atoms with Gasteiger partial charge in [0.05, 0.1) is 11.0 Å². The molecule has 0 saturated heterocycles.